The fourth-order valence-electron chi connectivity index (χ4n) is 8.02. The topological polar surface area (TPSA) is 198 Å². The predicted octanol–water partition coefficient (Wildman–Crippen LogP) is 13.8. The number of halogens is 11. The Morgan fingerprint density at radius 3 is 2.11 bits per heavy atom. The van der Waals surface area contributed by atoms with Gasteiger partial charge in [-0.05, 0) is 99.7 Å². The summed E-state index contributed by atoms with van der Waals surface area (Å²) in [6, 6.07) is 4.82. The van der Waals surface area contributed by atoms with Crippen LogP contribution in [0.3, 0.4) is 0 Å². The monoisotopic (exact) mass is 1320 g/mol. The second-order valence-corrected chi connectivity index (χ2v) is 21.7. The van der Waals surface area contributed by atoms with Crippen LogP contribution in [0.25, 0.3) is 16.5 Å². The van der Waals surface area contributed by atoms with Crippen LogP contribution < -0.4 is 9.62 Å². The molecule has 2 N–H and O–H groups in total. The SMILES string of the molecule is C.C=CC.CC.CCn1nc(C(F)(F)F)c2c1C(F)(F)CC2.COCO[P+](=O)O.CSN(C(=O)C(C)(C)CCN(C=O)CC=O)c1nn(CC(F)(F)F)c2c(C(/C=C\C(C)C#CC(C)(C)[N+](C)=O)=C(/C)C(Cc3cc(F)cc(F)c3)NC=O)ccc(Cl)c12. The third kappa shape index (κ3) is 24.1. The number of hydrogen-bond acceptors (Lipinski definition) is 11. The number of hydrogen-bond donors (Lipinski definition) is 2. The maximum atomic E-state index is 14.4. The molecule has 1 aliphatic rings. The minimum Gasteiger partial charge on any atom is -0.354 e. The fraction of sp³-hybridized carbons (Fsp3) is 0.517. The summed E-state index contributed by atoms with van der Waals surface area (Å²) in [6.07, 6.45) is -2.45. The van der Waals surface area contributed by atoms with E-state index in [-0.39, 0.29) is 97.1 Å². The molecule has 3 atom stereocenters. The molecule has 30 heteroatoms. The Bertz CT molecular complexity index is 3120. The number of benzene rings is 2. The molecule has 0 saturated carbocycles. The van der Waals surface area contributed by atoms with Crippen molar-refractivity contribution in [3.63, 3.8) is 0 Å². The van der Waals surface area contributed by atoms with Crippen molar-refractivity contribution < 1.29 is 86.6 Å². The van der Waals surface area contributed by atoms with Crippen molar-refractivity contribution in [1.29, 1.82) is 0 Å². The van der Waals surface area contributed by atoms with Crippen LogP contribution in [0.1, 0.15) is 118 Å². The summed E-state index contributed by atoms with van der Waals surface area (Å²) in [7, 11) is 0.224. The number of nitrogens with zero attached hydrogens (tertiary/aromatic N) is 7. The lowest BCUT2D eigenvalue weighted by atomic mass is 9.88. The van der Waals surface area contributed by atoms with Crippen LogP contribution in [-0.2, 0) is 71.0 Å². The van der Waals surface area contributed by atoms with Gasteiger partial charge >= 0.3 is 20.6 Å². The molecule has 3 amide bonds. The van der Waals surface area contributed by atoms with E-state index >= 15 is 0 Å². The molecule has 1 aliphatic carbocycles. The number of aromatic nitrogens is 4. The van der Waals surface area contributed by atoms with Gasteiger partial charge in [0.15, 0.2) is 18.6 Å². The second-order valence-electron chi connectivity index (χ2n) is 19.9. The number of carbonyl (C=O) groups is 4. The van der Waals surface area contributed by atoms with E-state index in [4.69, 9.17) is 16.5 Å². The summed E-state index contributed by atoms with van der Waals surface area (Å²) in [5.41, 5.74) is -3.53. The number of nitroso groups, excluding NO2 is 1. The summed E-state index contributed by atoms with van der Waals surface area (Å²) in [6.45, 7) is 18.6. The molecule has 0 fully saturated rings. The standard InChI is InChI=1S/C41H46ClF5N6O5S.C9H9F5N2.C3H6.C2H5O4P.C2H6.CH4/c1-26(13-14-40(5,6)50(7)58)9-10-31(27(2)34(48-24-55)21-28-19-29(43)22-30(44)20-28)32-11-12-33(42)35-36(32)52(23-41(45,46)47)49-37(35)53(59-8)38(57)39(3,4)15-16-51(25-56)17-18-54;1-2-16-7-5(3-4-8(7,10)11)6(15-16)9(12,13)14;1-3-2;1-5-2-6-7(3)4;1-2;/h9-12,18-20,22,24-26,34H,15-17,21,23H2,1-8H3;2-4H2,1H3;3H,1H2,2H3;2H2,1H3;1-2H3;1H4/p+2/b10-9-,31-27-;;;;;. The maximum Gasteiger partial charge on any atom is 0.697 e. The van der Waals surface area contributed by atoms with Gasteiger partial charge in [-0.15, -0.1) is 11.5 Å². The van der Waals surface area contributed by atoms with E-state index in [1.807, 2.05) is 20.8 Å². The first-order valence-corrected chi connectivity index (χ1v) is 29.3. The lowest BCUT2D eigenvalue weighted by molar-refractivity contribution is -0.577. The van der Waals surface area contributed by atoms with Gasteiger partial charge < -0.3 is 19.7 Å². The molecule has 0 spiro atoms. The Morgan fingerprint density at radius 1 is 1.06 bits per heavy atom. The van der Waals surface area contributed by atoms with E-state index in [9.17, 15) is 72.6 Å². The van der Waals surface area contributed by atoms with Gasteiger partial charge in [0.2, 0.25) is 25.5 Å². The quantitative estimate of drug-likeness (QED) is 0.00821. The zero-order valence-corrected chi connectivity index (χ0v) is 52.9. The molecule has 0 bridgehead atoms. The number of carbonyl (C=O) groups excluding carboxylic acids is 4. The predicted molar refractivity (Wildman–Crippen MR) is 321 cm³/mol. The van der Waals surface area contributed by atoms with E-state index in [1.54, 1.807) is 59.8 Å². The van der Waals surface area contributed by atoms with Gasteiger partial charge in [-0.3, -0.25) is 23.7 Å². The molecule has 490 valence electrons. The fourth-order valence-corrected chi connectivity index (χ4v) is 9.17. The third-order valence-electron chi connectivity index (χ3n) is 12.5. The number of nitrogens with one attached hydrogen (secondary N) is 1. The summed E-state index contributed by atoms with van der Waals surface area (Å²) in [5, 5.41) is 10.2. The molecule has 2 heterocycles. The largest absolute Gasteiger partial charge is 0.697 e. The third-order valence-corrected chi connectivity index (χ3v) is 13.9. The van der Waals surface area contributed by atoms with Gasteiger partial charge in [0.1, 0.15) is 30.2 Å². The van der Waals surface area contributed by atoms with Gasteiger partial charge in [-0.25, -0.2) is 13.1 Å². The first-order chi connectivity index (χ1) is 40.4. The summed E-state index contributed by atoms with van der Waals surface area (Å²) >= 11 is 7.67. The van der Waals surface area contributed by atoms with E-state index < -0.39 is 91.3 Å². The highest BCUT2D eigenvalue weighted by Gasteiger charge is 2.50. The van der Waals surface area contributed by atoms with Crippen LogP contribution in [0.4, 0.5) is 49.7 Å². The molecule has 0 radical (unpaired) electrons. The highest BCUT2D eigenvalue weighted by Crippen LogP contribution is 2.47. The molecule has 4 aromatic rings. The van der Waals surface area contributed by atoms with E-state index in [2.05, 4.69) is 43.2 Å². The summed E-state index contributed by atoms with van der Waals surface area (Å²) < 4.78 is 157. The van der Waals surface area contributed by atoms with Crippen molar-refractivity contribution in [2.45, 2.75) is 145 Å². The number of aldehydes is 1. The number of rotatable bonds is 23. The number of fused-ring (bicyclic) bond motifs is 2. The summed E-state index contributed by atoms with van der Waals surface area (Å²) in [5.74, 6) is -0.304. The van der Waals surface area contributed by atoms with Gasteiger partial charge in [-0.2, -0.15) is 45.3 Å². The zero-order chi connectivity index (χ0) is 67.0. The average Bonchev–Trinajstić information content (AvgIpc) is 1.63. The van der Waals surface area contributed by atoms with Gasteiger partial charge in [0.25, 0.3) is 11.5 Å². The number of ether oxygens (including phenoxy) is 1. The lowest BCUT2D eigenvalue weighted by Crippen LogP contribution is -2.40. The van der Waals surface area contributed by atoms with Crippen molar-refractivity contribution in [3.05, 3.63) is 110 Å². The highest BCUT2D eigenvalue weighted by atomic mass is 35.5. The Hall–Kier alpha value is -6.50. The van der Waals surface area contributed by atoms with Gasteiger partial charge in [0.05, 0.1) is 28.5 Å². The number of methoxy groups -OCH3 is 1. The van der Waals surface area contributed by atoms with Crippen LogP contribution >= 0.6 is 31.8 Å². The number of aryl methyl sites for hydroxylation is 1. The van der Waals surface area contributed by atoms with Gasteiger partial charge in [0, 0.05) is 89.5 Å². The molecule has 2 aromatic carbocycles. The minimum absolute atomic E-state index is 0. The maximum absolute atomic E-state index is 14.4. The molecular weight excluding hydrogens is 1240 g/mol. The number of amides is 3. The molecule has 17 nitrogen and oxygen atoms in total. The number of allylic oxidation sites excluding steroid dienone is 4. The van der Waals surface area contributed by atoms with Gasteiger partial charge in [-0.1, -0.05) is 81.5 Å². The van der Waals surface area contributed by atoms with Crippen LogP contribution in [-0.4, -0.2) is 117 Å². The van der Waals surface area contributed by atoms with Crippen molar-refractivity contribution in [1.82, 2.24) is 29.8 Å². The van der Waals surface area contributed by atoms with E-state index in [1.165, 1.54) is 44.4 Å². The molecule has 2 aromatic heterocycles. The first kappa shape index (κ1) is 81.5. The Labute approximate surface area is 516 Å². The van der Waals surface area contributed by atoms with Crippen LogP contribution in [0.5, 0.6) is 0 Å². The highest BCUT2D eigenvalue weighted by molar-refractivity contribution is 8.00. The molecular formula is C58H78ClF10N8O9PS+2. The van der Waals surface area contributed by atoms with E-state index in [0.717, 1.165) is 33.1 Å². The van der Waals surface area contributed by atoms with Crippen molar-refractivity contribution in [2.24, 2.45) is 11.3 Å². The zero-order valence-electron chi connectivity index (χ0n) is 50.4. The average molecular weight is 1320 g/mol. The lowest BCUT2D eigenvalue weighted by Gasteiger charge is -2.30. The molecule has 0 saturated heterocycles. The normalized spacial score (nSPS) is 13.7. The van der Waals surface area contributed by atoms with E-state index in [0.29, 0.717) is 40.2 Å². The Balaban J connectivity index is 0.00000213. The van der Waals surface area contributed by atoms with Crippen LogP contribution in [0.15, 0.2) is 60.7 Å². The molecule has 88 heavy (non-hydrogen) atoms. The minimum atomic E-state index is -4.82. The molecule has 0 aliphatic heterocycles. The van der Waals surface area contributed by atoms with Crippen LogP contribution in [0.2, 0.25) is 5.02 Å². The van der Waals surface area contributed by atoms with Crippen molar-refractivity contribution >= 4 is 79.1 Å². The first-order valence-electron chi connectivity index (χ1n) is 26.6. The molecule has 5 rings (SSSR count). The Morgan fingerprint density at radius 2 is 1.65 bits per heavy atom. The van der Waals surface area contributed by atoms with Crippen LogP contribution in [0, 0.1) is 39.7 Å². The number of alkyl halides is 8. The number of anilines is 1. The van der Waals surface area contributed by atoms with Crippen molar-refractivity contribution in [2.75, 3.05) is 44.6 Å². The van der Waals surface area contributed by atoms with Crippen molar-refractivity contribution in [3.8, 4) is 11.8 Å². The second kappa shape index (κ2) is 36.9. The Kier molecular flexibility index (Phi) is 34.1. The summed E-state index contributed by atoms with van der Waals surface area (Å²) in [4.78, 5) is 69.8. The molecule has 3 unspecified atom stereocenters. The smallest absolute Gasteiger partial charge is 0.354 e.